The molecule has 0 radical (unpaired) electrons. The number of urea groups is 1. The highest BCUT2D eigenvalue weighted by Gasteiger charge is 2.43. The molecule has 288 valence electrons. The van der Waals surface area contributed by atoms with Crippen LogP contribution in [-0.2, 0) is 9.59 Å². The number of anilines is 2. The molecule has 14 nitrogen and oxygen atoms in total. The minimum absolute atomic E-state index is 0.0426. The number of methoxy groups -OCH3 is 2. The molecule has 1 fully saturated rings. The molecule has 0 aliphatic carbocycles. The number of alkyl halides is 3. The van der Waals surface area contributed by atoms with Crippen molar-refractivity contribution >= 4 is 51.7 Å². The number of nitrogens with zero attached hydrogens (tertiary/aromatic N) is 5. The standard InChI is InChI=1S/C35H36ClF4N7O7/c1-19(46(27-12-10-24(53-3)18-28(27)54-4)34(52)41-23-8-6-22(37)7-9-23)30-42-26-17-21(36)5-11-25(26)31(49)47(30)45-15-13-44(14-16-45)32(50)29(20(2)48)43-33(51)35(38,39)40/h5-12,17-20,29,48H,13-16H2,1-4H3,(H,41,52)(H,43,51)/t19?,20-,29-/m1/s1. The van der Waals surface area contributed by atoms with Crippen molar-refractivity contribution in [2.24, 2.45) is 0 Å². The van der Waals surface area contributed by atoms with Crippen molar-refractivity contribution in [3.05, 3.63) is 87.7 Å². The zero-order valence-electron chi connectivity index (χ0n) is 29.4. The van der Waals surface area contributed by atoms with Gasteiger partial charge in [-0.3, -0.25) is 19.3 Å². The van der Waals surface area contributed by atoms with Crippen molar-refractivity contribution in [1.29, 1.82) is 0 Å². The summed E-state index contributed by atoms with van der Waals surface area (Å²) < 4.78 is 64.9. The normalized spacial score (nSPS) is 14.9. The summed E-state index contributed by atoms with van der Waals surface area (Å²) in [5.41, 5.74) is 0.140. The smallest absolute Gasteiger partial charge is 0.471 e. The van der Waals surface area contributed by atoms with Crippen molar-refractivity contribution in [3.63, 3.8) is 0 Å². The number of nitrogens with one attached hydrogen (secondary N) is 2. The van der Waals surface area contributed by atoms with Gasteiger partial charge < -0.3 is 35.1 Å². The van der Waals surface area contributed by atoms with E-state index in [0.717, 1.165) is 11.8 Å². The number of aliphatic hydroxyl groups excluding tert-OH is 1. The predicted molar refractivity (Wildman–Crippen MR) is 191 cm³/mol. The number of aliphatic hydroxyl groups is 1. The number of piperazine rings is 1. The largest absolute Gasteiger partial charge is 0.497 e. The second-order valence-corrected chi connectivity index (χ2v) is 12.7. The van der Waals surface area contributed by atoms with Crippen LogP contribution < -0.4 is 35.6 Å². The molecule has 19 heteroatoms. The lowest BCUT2D eigenvalue weighted by molar-refractivity contribution is -0.176. The fourth-order valence-electron chi connectivity index (χ4n) is 5.95. The summed E-state index contributed by atoms with van der Waals surface area (Å²) in [5, 5.41) is 16.4. The molecule has 1 unspecified atom stereocenters. The number of benzene rings is 3. The molecule has 1 aromatic heterocycles. The van der Waals surface area contributed by atoms with E-state index in [1.165, 1.54) is 66.3 Å². The zero-order valence-corrected chi connectivity index (χ0v) is 30.1. The van der Waals surface area contributed by atoms with Crippen LogP contribution in [0.15, 0.2) is 65.5 Å². The summed E-state index contributed by atoms with van der Waals surface area (Å²) in [6.45, 7) is 2.30. The first-order chi connectivity index (χ1) is 25.5. The lowest BCUT2D eigenvalue weighted by Gasteiger charge is -2.40. The summed E-state index contributed by atoms with van der Waals surface area (Å²) in [5.74, 6) is -3.18. The first kappa shape index (κ1) is 39.6. The van der Waals surface area contributed by atoms with Crippen molar-refractivity contribution in [1.82, 2.24) is 19.9 Å². The SMILES string of the molecule is COc1ccc(N(C(=O)Nc2ccc(F)cc2)C(C)c2nc3cc(Cl)ccc3c(=O)n2N2CCN(C(=O)[C@H](NC(=O)C(F)(F)F)[C@@H](C)O)CC2)c(OC)c1. The number of carbonyl (C=O) groups excluding carboxylic acids is 3. The molecule has 2 heterocycles. The van der Waals surface area contributed by atoms with Crippen LogP contribution in [0.3, 0.4) is 0 Å². The van der Waals surface area contributed by atoms with E-state index in [0.29, 0.717) is 5.75 Å². The van der Waals surface area contributed by atoms with Crippen molar-refractivity contribution in [3.8, 4) is 11.5 Å². The van der Waals surface area contributed by atoms with Gasteiger partial charge in [0.25, 0.3) is 5.56 Å². The third kappa shape index (κ3) is 8.44. The maximum Gasteiger partial charge on any atom is 0.471 e. The van der Waals surface area contributed by atoms with Gasteiger partial charge in [-0.15, -0.1) is 0 Å². The van der Waals surface area contributed by atoms with Gasteiger partial charge in [0.2, 0.25) is 5.91 Å². The van der Waals surface area contributed by atoms with Crippen LogP contribution in [0.2, 0.25) is 5.02 Å². The van der Waals surface area contributed by atoms with Crippen LogP contribution in [0.25, 0.3) is 10.9 Å². The Morgan fingerprint density at radius 1 is 0.963 bits per heavy atom. The number of carbonyl (C=O) groups is 3. The van der Waals surface area contributed by atoms with Crippen LogP contribution in [0.1, 0.15) is 25.7 Å². The van der Waals surface area contributed by atoms with E-state index in [9.17, 15) is 41.8 Å². The molecule has 3 N–H and O–H groups in total. The molecule has 0 saturated carbocycles. The Kier molecular flexibility index (Phi) is 11.9. The van der Waals surface area contributed by atoms with Crippen LogP contribution in [0, 0.1) is 5.82 Å². The molecule has 5 rings (SSSR count). The summed E-state index contributed by atoms with van der Waals surface area (Å²) in [4.78, 5) is 60.7. The van der Waals surface area contributed by atoms with Gasteiger partial charge in [0.1, 0.15) is 23.4 Å². The molecular weight excluding hydrogens is 742 g/mol. The average molecular weight is 778 g/mol. The molecule has 1 saturated heterocycles. The first-order valence-electron chi connectivity index (χ1n) is 16.4. The Morgan fingerprint density at radius 3 is 2.22 bits per heavy atom. The topological polar surface area (TPSA) is 159 Å². The van der Waals surface area contributed by atoms with Gasteiger partial charge >= 0.3 is 18.1 Å². The maximum absolute atomic E-state index is 14.3. The Morgan fingerprint density at radius 2 is 1.63 bits per heavy atom. The highest BCUT2D eigenvalue weighted by atomic mass is 35.5. The van der Waals surface area contributed by atoms with Crippen LogP contribution >= 0.6 is 11.6 Å². The third-order valence-corrected chi connectivity index (χ3v) is 8.93. The minimum Gasteiger partial charge on any atom is -0.497 e. The molecule has 0 spiro atoms. The van der Waals surface area contributed by atoms with Crippen LogP contribution in [0.5, 0.6) is 11.5 Å². The molecule has 1 aliphatic rings. The number of halogens is 5. The Labute approximate surface area is 310 Å². The van der Waals surface area contributed by atoms with Crippen molar-refractivity contribution in [2.45, 2.75) is 38.2 Å². The number of hydrogen-bond donors (Lipinski definition) is 3. The summed E-state index contributed by atoms with van der Waals surface area (Å²) in [6, 6.07) is 10.6. The number of aromatic nitrogens is 2. The Balaban J connectivity index is 1.57. The summed E-state index contributed by atoms with van der Waals surface area (Å²) in [6.07, 6.45) is -6.94. The van der Waals surface area contributed by atoms with E-state index in [1.807, 2.05) is 0 Å². The van der Waals surface area contributed by atoms with E-state index in [4.69, 9.17) is 26.1 Å². The summed E-state index contributed by atoms with van der Waals surface area (Å²) in [7, 11) is 2.85. The molecule has 4 amide bonds. The molecule has 1 aliphatic heterocycles. The second-order valence-electron chi connectivity index (χ2n) is 12.2. The van der Waals surface area contributed by atoms with E-state index in [1.54, 1.807) is 35.4 Å². The Hall–Kier alpha value is -5.62. The van der Waals surface area contributed by atoms with Crippen LogP contribution in [0.4, 0.5) is 33.7 Å². The number of fused-ring (bicyclic) bond motifs is 1. The number of ether oxygens (including phenoxy) is 2. The zero-order chi connectivity index (χ0) is 39.5. The highest BCUT2D eigenvalue weighted by Crippen LogP contribution is 2.37. The average Bonchev–Trinajstić information content (AvgIpc) is 3.13. The first-order valence-corrected chi connectivity index (χ1v) is 16.8. The third-order valence-electron chi connectivity index (χ3n) is 8.70. The van der Waals surface area contributed by atoms with Gasteiger partial charge in [-0.1, -0.05) is 11.6 Å². The van der Waals surface area contributed by atoms with Gasteiger partial charge in [-0.25, -0.2) is 18.8 Å². The van der Waals surface area contributed by atoms with Gasteiger partial charge in [-0.2, -0.15) is 13.2 Å². The van der Waals surface area contributed by atoms with E-state index >= 15 is 0 Å². The lowest BCUT2D eigenvalue weighted by Crippen LogP contribution is -2.61. The lowest BCUT2D eigenvalue weighted by atomic mass is 10.1. The number of rotatable bonds is 10. The van der Waals surface area contributed by atoms with Crippen molar-refractivity contribution < 1.29 is 46.5 Å². The van der Waals surface area contributed by atoms with Gasteiger partial charge in [-0.05, 0) is 68.4 Å². The van der Waals surface area contributed by atoms with Gasteiger partial charge in [0.05, 0.1) is 56.0 Å². The highest BCUT2D eigenvalue weighted by molar-refractivity contribution is 6.31. The fourth-order valence-corrected chi connectivity index (χ4v) is 6.11. The van der Waals surface area contributed by atoms with E-state index < -0.39 is 53.6 Å². The monoisotopic (exact) mass is 777 g/mol. The molecule has 0 bridgehead atoms. The molecular formula is C35H36ClF4N7O7. The molecule has 3 atom stereocenters. The number of amides is 4. The van der Waals surface area contributed by atoms with E-state index in [-0.39, 0.29) is 65.1 Å². The maximum atomic E-state index is 14.3. The quantitative estimate of drug-likeness (QED) is 0.201. The van der Waals surface area contributed by atoms with Gasteiger partial charge in [0, 0.05) is 29.9 Å². The summed E-state index contributed by atoms with van der Waals surface area (Å²) >= 11 is 6.29. The van der Waals surface area contributed by atoms with Crippen LogP contribution in [-0.4, -0.2) is 96.2 Å². The fraction of sp³-hybridized carbons (Fsp3) is 0.343. The minimum atomic E-state index is -5.28. The number of hydrogen-bond acceptors (Lipinski definition) is 9. The van der Waals surface area contributed by atoms with E-state index in [2.05, 4.69) is 5.32 Å². The molecule has 4 aromatic rings. The predicted octanol–water partition coefficient (Wildman–Crippen LogP) is 4.21. The second kappa shape index (κ2) is 16.2. The van der Waals surface area contributed by atoms with Gasteiger partial charge in [0.15, 0.2) is 5.82 Å². The molecule has 3 aromatic carbocycles. The Bertz CT molecular complexity index is 2090. The molecule has 54 heavy (non-hydrogen) atoms. The van der Waals surface area contributed by atoms with Crippen molar-refractivity contribution in [2.75, 3.05) is 55.6 Å².